The van der Waals surface area contributed by atoms with Gasteiger partial charge in [0.15, 0.2) is 10.8 Å². The number of imidazole rings is 1. The Kier molecular flexibility index (Phi) is 3.31. The summed E-state index contributed by atoms with van der Waals surface area (Å²) in [5.41, 5.74) is 1.00. The molecular formula is C11H13ClN6O. The summed E-state index contributed by atoms with van der Waals surface area (Å²) in [5, 5.41) is 6.08. The number of halogens is 1. The molecule has 7 nitrogen and oxygen atoms in total. The summed E-state index contributed by atoms with van der Waals surface area (Å²) in [6, 6.07) is -0.189. The van der Waals surface area contributed by atoms with E-state index in [9.17, 15) is 4.79 Å². The van der Waals surface area contributed by atoms with E-state index in [2.05, 4.69) is 30.6 Å². The SMILES string of the molecule is O=C(Nc1nc(Cl)c2[nH]cnc2n1)C1CCCCN1. The van der Waals surface area contributed by atoms with Crippen LogP contribution in [0.15, 0.2) is 6.33 Å². The van der Waals surface area contributed by atoms with Crippen LogP contribution in [-0.4, -0.2) is 38.4 Å². The third-order valence-electron chi connectivity index (χ3n) is 3.10. The molecule has 1 aliphatic rings. The number of amides is 1. The maximum atomic E-state index is 12.0. The summed E-state index contributed by atoms with van der Waals surface area (Å²) >= 11 is 5.98. The van der Waals surface area contributed by atoms with Crippen LogP contribution in [0.5, 0.6) is 0 Å². The highest BCUT2D eigenvalue weighted by Gasteiger charge is 2.21. The number of nitrogens with zero attached hydrogens (tertiary/aromatic N) is 3. The maximum absolute atomic E-state index is 12.0. The predicted octanol–water partition coefficient (Wildman–Crippen LogP) is 1.09. The number of H-pyrrole nitrogens is 1. The molecule has 3 heterocycles. The second kappa shape index (κ2) is 5.10. The lowest BCUT2D eigenvalue weighted by Crippen LogP contribution is -2.43. The van der Waals surface area contributed by atoms with Gasteiger partial charge < -0.3 is 10.3 Å². The van der Waals surface area contributed by atoms with E-state index < -0.39 is 0 Å². The van der Waals surface area contributed by atoms with Gasteiger partial charge in [0.25, 0.3) is 0 Å². The number of carbonyl (C=O) groups excluding carboxylic acids is 1. The quantitative estimate of drug-likeness (QED) is 0.716. The summed E-state index contributed by atoms with van der Waals surface area (Å²) in [5.74, 6) is 0.0487. The molecule has 0 bridgehead atoms. The third-order valence-corrected chi connectivity index (χ3v) is 3.38. The summed E-state index contributed by atoms with van der Waals surface area (Å²) in [7, 11) is 0. The lowest BCUT2D eigenvalue weighted by atomic mass is 10.0. The second-order valence-corrected chi connectivity index (χ2v) is 4.79. The molecule has 0 aliphatic carbocycles. The zero-order valence-corrected chi connectivity index (χ0v) is 10.9. The topological polar surface area (TPSA) is 95.6 Å². The molecule has 1 amide bonds. The Hall–Kier alpha value is -1.73. The van der Waals surface area contributed by atoms with Crippen LogP contribution >= 0.6 is 11.6 Å². The number of carbonyl (C=O) groups is 1. The Balaban J connectivity index is 1.78. The molecule has 2 aromatic heterocycles. The van der Waals surface area contributed by atoms with Crippen LogP contribution in [-0.2, 0) is 4.79 Å². The molecule has 8 heteroatoms. The Bertz CT molecular complexity index is 606. The van der Waals surface area contributed by atoms with Crippen LogP contribution in [0.3, 0.4) is 0 Å². The highest BCUT2D eigenvalue weighted by molar-refractivity contribution is 6.33. The van der Waals surface area contributed by atoms with Gasteiger partial charge in [0.1, 0.15) is 5.52 Å². The molecule has 1 unspecified atom stereocenters. The number of aromatic amines is 1. The van der Waals surface area contributed by atoms with E-state index >= 15 is 0 Å². The molecular weight excluding hydrogens is 268 g/mol. The molecule has 3 N–H and O–H groups in total. The van der Waals surface area contributed by atoms with Gasteiger partial charge in [0.05, 0.1) is 12.4 Å². The van der Waals surface area contributed by atoms with Crippen LogP contribution in [0.25, 0.3) is 11.2 Å². The number of aromatic nitrogens is 4. The Morgan fingerprint density at radius 3 is 3.11 bits per heavy atom. The lowest BCUT2D eigenvalue weighted by Gasteiger charge is -2.21. The fourth-order valence-corrected chi connectivity index (χ4v) is 2.35. The normalized spacial score (nSPS) is 19.5. The van der Waals surface area contributed by atoms with Crippen molar-refractivity contribution >= 4 is 34.6 Å². The van der Waals surface area contributed by atoms with E-state index in [1.165, 1.54) is 6.33 Å². The minimum absolute atomic E-state index is 0.134. The summed E-state index contributed by atoms with van der Waals surface area (Å²) < 4.78 is 0. The Morgan fingerprint density at radius 1 is 1.42 bits per heavy atom. The number of nitrogens with one attached hydrogen (secondary N) is 3. The molecule has 0 radical (unpaired) electrons. The first-order chi connectivity index (χ1) is 9.24. The standard InChI is InChI=1S/C11H13ClN6O/c12-8-7-9(15-5-14-7)17-11(16-8)18-10(19)6-3-1-2-4-13-6/h5-6,13H,1-4H2,(H2,14,15,16,17,18,19). The number of hydrogen-bond donors (Lipinski definition) is 3. The van der Waals surface area contributed by atoms with E-state index in [-0.39, 0.29) is 23.1 Å². The van der Waals surface area contributed by atoms with Gasteiger partial charge in [-0.15, -0.1) is 0 Å². The van der Waals surface area contributed by atoms with Crippen LogP contribution in [0.4, 0.5) is 5.95 Å². The van der Waals surface area contributed by atoms with Crippen molar-refractivity contribution in [3.05, 3.63) is 11.5 Å². The molecule has 100 valence electrons. The Labute approximate surface area is 114 Å². The lowest BCUT2D eigenvalue weighted by molar-refractivity contribution is -0.118. The van der Waals surface area contributed by atoms with Crippen molar-refractivity contribution in [1.82, 2.24) is 25.3 Å². The van der Waals surface area contributed by atoms with E-state index in [1.807, 2.05) is 0 Å². The summed E-state index contributed by atoms with van der Waals surface area (Å²) in [6.07, 6.45) is 4.46. The molecule has 3 rings (SSSR count). The van der Waals surface area contributed by atoms with E-state index in [4.69, 9.17) is 11.6 Å². The summed E-state index contributed by atoms with van der Waals surface area (Å²) in [6.45, 7) is 0.859. The van der Waals surface area contributed by atoms with Crippen molar-refractivity contribution in [2.24, 2.45) is 0 Å². The number of piperidine rings is 1. The number of hydrogen-bond acceptors (Lipinski definition) is 5. The van der Waals surface area contributed by atoms with E-state index in [0.717, 1.165) is 25.8 Å². The fourth-order valence-electron chi connectivity index (χ4n) is 2.13. The molecule has 2 aromatic rings. The van der Waals surface area contributed by atoms with Gasteiger partial charge >= 0.3 is 0 Å². The van der Waals surface area contributed by atoms with Gasteiger partial charge in [0, 0.05) is 0 Å². The molecule has 19 heavy (non-hydrogen) atoms. The predicted molar refractivity (Wildman–Crippen MR) is 71.0 cm³/mol. The first-order valence-electron chi connectivity index (χ1n) is 6.15. The zero-order valence-electron chi connectivity index (χ0n) is 10.1. The number of anilines is 1. The number of rotatable bonds is 2. The van der Waals surface area contributed by atoms with Crippen LogP contribution < -0.4 is 10.6 Å². The minimum atomic E-state index is -0.189. The van der Waals surface area contributed by atoms with Gasteiger partial charge in [0.2, 0.25) is 11.9 Å². The van der Waals surface area contributed by atoms with Crippen molar-refractivity contribution in [3.63, 3.8) is 0 Å². The highest BCUT2D eigenvalue weighted by Crippen LogP contribution is 2.18. The van der Waals surface area contributed by atoms with Crippen molar-refractivity contribution in [1.29, 1.82) is 0 Å². The molecule has 1 aliphatic heterocycles. The van der Waals surface area contributed by atoms with Gasteiger partial charge in [-0.25, -0.2) is 4.98 Å². The largest absolute Gasteiger partial charge is 0.341 e. The first kappa shape index (κ1) is 12.3. The monoisotopic (exact) mass is 280 g/mol. The molecule has 1 fully saturated rings. The molecule has 0 spiro atoms. The van der Waals surface area contributed by atoms with E-state index in [1.54, 1.807) is 0 Å². The van der Waals surface area contributed by atoms with Crippen molar-refractivity contribution in [2.75, 3.05) is 11.9 Å². The van der Waals surface area contributed by atoms with Crippen molar-refractivity contribution in [2.45, 2.75) is 25.3 Å². The van der Waals surface area contributed by atoms with Crippen LogP contribution in [0.1, 0.15) is 19.3 Å². The van der Waals surface area contributed by atoms with E-state index in [0.29, 0.717) is 11.2 Å². The first-order valence-corrected chi connectivity index (χ1v) is 6.53. The van der Waals surface area contributed by atoms with Gasteiger partial charge in [-0.3, -0.25) is 10.1 Å². The van der Waals surface area contributed by atoms with Gasteiger partial charge in [-0.1, -0.05) is 18.0 Å². The molecule has 1 atom stereocenters. The van der Waals surface area contributed by atoms with Gasteiger partial charge in [-0.05, 0) is 19.4 Å². The third kappa shape index (κ3) is 2.52. The number of fused-ring (bicyclic) bond motifs is 1. The minimum Gasteiger partial charge on any atom is -0.341 e. The fraction of sp³-hybridized carbons (Fsp3) is 0.455. The second-order valence-electron chi connectivity index (χ2n) is 4.43. The van der Waals surface area contributed by atoms with Crippen molar-refractivity contribution < 1.29 is 4.79 Å². The molecule has 0 saturated carbocycles. The smallest absolute Gasteiger partial charge is 0.243 e. The molecule has 0 aromatic carbocycles. The maximum Gasteiger partial charge on any atom is 0.243 e. The van der Waals surface area contributed by atoms with Gasteiger partial charge in [-0.2, -0.15) is 9.97 Å². The van der Waals surface area contributed by atoms with Crippen LogP contribution in [0, 0.1) is 0 Å². The summed E-state index contributed by atoms with van der Waals surface area (Å²) in [4.78, 5) is 27.0. The average Bonchev–Trinajstić information content (AvgIpc) is 2.88. The zero-order chi connectivity index (χ0) is 13.2. The average molecular weight is 281 g/mol. The van der Waals surface area contributed by atoms with Crippen LogP contribution in [0.2, 0.25) is 5.15 Å². The highest BCUT2D eigenvalue weighted by atomic mass is 35.5. The van der Waals surface area contributed by atoms with Crippen molar-refractivity contribution in [3.8, 4) is 0 Å². The molecule has 1 saturated heterocycles. The Morgan fingerprint density at radius 2 is 2.32 bits per heavy atom.